The van der Waals surface area contributed by atoms with Crippen LogP contribution < -0.4 is 5.32 Å². The molecule has 0 amide bonds. The van der Waals surface area contributed by atoms with Gasteiger partial charge < -0.3 is 5.32 Å². The summed E-state index contributed by atoms with van der Waals surface area (Å²) in [5.41, 5.74) is 3.58. The summed E-state index contributed by atoms with van der Waals surface area (Å²) in [6, 6.07) is 10.4. The number of pyridine rings is 1. The first-order valence-electron chi connectivity index (χ1n) is 5.67. The van der Waals surface area contributed by atoms with E-state index in [0.717, 1.165) is 22.4 Å². The van der Waals surface area contributed by atoms with Crippen LogP contribution in [0.25, 0.3) is 0 Å². The SMILES string of the molecule is CCc1cccc(Nc2cc(C)c(Br)cn2)c1. The van der Waals surface area contributed by atoms with E-state index >= 15 is 0 Å². The van der Waals surface area contributed by atoms with Gasteiger partial charge in [0.05, 0.1) is 0 Å². The summed E-state index contributed by atoms with van der Waals surface area (Å²) in [6.07, 6.45) is 2.86. The van der Waals surface area contributed by atoms with Crippen molar-refractivity contribution in [2.24, 2.45) is 0 Å². The first-order chi connectivity index (χ1) is 8.19. The topological polar surface area (TPSA) is 24.9 Å². The molecule has 3 heteroatoms. The number of anilines is 2. The maximum atomic E-state index is 4.33. The van der Waals surface area contributed by atoms with E-state index < -0.39 is 0 Å². The van der Waals surface area contributed by atoms with Crippen LogP contribution in [0.3, 0.4) is 0 Å². The number of aryl methyl sites for hydroxylation is 2. The molecule has 0 aliphatic carbocycles. The zero-order valence-corrected chi connectivity index (χ0v) is 11.6. The molecule has 0 saturated carbocycles. The standard InChI is InChI=1S/C14H15BrN2/c1-3-11-5-4-6-12(8-11)17-14-7-10(2)13(15)9-16-14/h4-9H,3H2,1-2H3,(H,16,17). The fourth-order valence-electron chi connectivity index (χ4n) is 1.62. The van der Waals surface area contributed by atoms with E-state index in [1.54, 1.807) is 0 Å². The Morgan fingerprint density at radius 1 is 1.29 bits per heavy atom. The Kier molecular flexibility index (Phi) is 3.79. The smallest absolute Gasteiger partial charge is 0.130 e. The maximum Gasteiger partial charge on any atom is 0.130 e. The Labute approximate surface area is 110 Å². The third-order valence-corrected chi connectivity index (χ3v) is 3.48. The minimum atomic E-state index is 0.874. The van der Waals surface area contributed by atoms with Crippen molar-refractivity contribution in [3.8, 4) is 0 Å². The van der Waals surface area contributed by atoms with Crippen molar-refractivity contribution >= 4 is 27.4 Å². The molecule has 88 valence electrons. The molecule has 0 unspecified atom stereocenters. The van der Waals surface area contributed by atoms with Gasteiger partial charge >= 0.3 is 0 Å². The van der Waals surface area contributed by atoms with Gasteiger partial charge in [-0.05, 0) is 58.6 Å². The molecule has 1 aromatic carbocycles. The highest BCUT2D eigenvalue weighted by molar-refractivity contribution is 9.10. The quantitative estimate of drug-likeness (QED) is 0.903. The van der Waals surface area contributed by atoms with E-state index in [1.807, 2.05) is 12.3 Å². The summed E-state index contributed by atoms with van der Waals surface area (Å²) in [4.78, 5) is 4.33. The molecule has 0 spiro atoms. The van der Waals surface area contributed by atoms with Crippen molar-refractivity contribution in [3.63, 3.8) is 0 Å². The van der Waals surface area contributed by atoms with Gasteiger partial charge in [0.1, 0.15) is 5.82 Å². The van der Waals surface area contributed by atoms with Crippen molar-refractivity contribution in [2.75, 3.05) is 5.32 Å². The molecule has 0 atom stereocenters. The van der Waals surface area contributed by atoms with Crippen molar-refractivity contribution in [2.45, 2.75) is 20.3 Å². The molecule has 1 N–H and O–H groups in total. The minimum absolute atomic E-state index is 0.874. The van der Waals surface area contributed by atoms with Crippen molar-refractivity contribution in [1.82, 2.24) is 4.98 Å². The first-order valence-corrected chi connectivity index (χ1v) is 6.46. The van der Waals surface area contributed by atoms with Crippen LogP contribution >= 0.6 is 15.9 Å². The molecule has 1 heterocycles. The van der Waals surface area contributed by atoms with Crippen molar-refractivity contribution in [1.29, 1.82) is 0 Å². The number of halogens is 1. The lowest BCUT2D eigenvalue weighted by Crippen LogP contribution is -1.95. The molecule has 2 nitrogen and oxygen atoms in total. The highest BCUT2D eigenvalue weighted by atomic mass is 79.9. The van der Waals surface area contributed by atoms with Crippen LogP contribution in [0.1, 0.15) is 18.1 Å². The average Bonchev–Trinajstić information content (AvgIpc) is 2.34. The predicted molar refractivity (Wildman–Crippen MR) is 75.8 cm³/mol. The van der Waals surface area contributed by atoms with E-state index in [-0.39, 0.29) is 0 Å². The van der Waals surface area contributed by atoms with E-state index in [0.29, 0.717) is 0 Å². The zero-order valence-electron chi connectivity index (χ0n) is 10.00. The molecular formula is C14H15BrN2. The average molecular weight is 291 g/mol. The lowest BCUT2D eigenvalue weighted by molar-refractivity contribution is 1.14. The molecule has 0 aliphatic heterocycles. The van der Waals surface area contributed by atoms with Gasteiger partial charge in [-0.1, -0.05) is 19.1 Å². The Hall–Kier alpha value is -1.35. The molecule has 0 saturated heterocycles. The van der Waals surface area contributed by atoms with Gasteiger partial charge in [-0.2, -0.15) is 0 Å². The number of aromatic nitrogens is 1. The van der Waals surface area contributed by atoms with E-state index in [4.69, 9.17) is 0 Å². The third kappa shape index (κ3) is 3.07. The van der Waals surface area contributed by atoms with Gasteiger partial charge in [-0.15, -0.1) is 0 Å². The van der Waals surface area contributed by atoms with Crippen LogP contribution in [0.15, 0.2) is 41.0 Å². The first kappa shape index (κ1) is 12.1. The summed E-state index contributed by atoms with van der Waals surface area (Å²) >= 11 is 3.45. The van der Waals surface area contributed by atoms with Crippen molar-refractivity contribution in [3.05, 3.63) is 52.1 Å². The molecule has 2 rings (SSSR count). The number of nitrogens with zero attached hydrogens (tertiary/aromatic N) is 1. The largest absolute Gasteiger partial charge is 0.340 e. The Morgan fingerprint density at radius 2 is 2.12 bits per heavy atom. The molecule has 0 radical (unpaired) electrons. The lowest BCUT2D eigenvalue weighted by atomic mass is 10.1. The Morgan fingerprint density at radius 3 is 2.82 bits per heavy atom. The van der Waals surface area contributed by atoms with Crippen LogP contribution in [0.5, 0.6) is 0 Å². The fourth-order valence-corrected chi connectivity index (χ4v) is 1.84. The van der Waals surface area contributed by atoms with Gasteiger partial charge in [-0.25, -0.2) is 4.98 Å². The molecule has 0 aliphatic rings. The molecule has 0 fully saturated rings. The zero-order chi connectivity index (χ0) is 12.3. The Balaban J connectivity index is 2.22. The minimum Gasteiger partial charge on any atom is -0.340 e. The van der Waals surface area contributed by atoms with Crippen LogP contribution in [0.4, 0.5) is 11.5 Å². The van der Waals surface area contributed by atoms with Gasteiger partial charge in [0, 0.05) is 16.4 Å². The van der Waals surface area contributed by atoms with Gasteiger partial charge in [0.25, 0.3) is 0 Å². The highest BCUT2D eigenvalue weighted by Gasteiger charge is 2.00. The second kappa shape index (κ2) is 5.32. The van der Waals surface area contributed by atoms with Crippen LogP contribution in [0.2, 0.25) is 0 Å². The lowest BCUT2D eigenvalue weighted by Gasteiger charge is -2.08. The van der Waals surface area contributed by atoms with Crippen molar-refractivity contribution < 1.29 is 0 Å². The van der Waals surface area contributed by atoms with E-state index in [2.05, 4.69) is 64.3 Å². The fraction of sp³-hybridized carbons (Fsp3) is 0.214. The summed E-state index contributed by atoms with van der Waals surface area (Å²) in [5.74, 6) is 0.874. The second-order valence-corrected chi connectivity index (χ2v) is 4.85. The molecule has 2 aromatic rings. The van der Waals surface area contributed by atoms with Gasteiger partial charge in [0.15, 0.2) is 0 Å². The predicted octanol–water partition coefficient (Wildman–Crippen LogP) is 4.46. The second-order valence-electron chi connectivity index (χ2n) is 4.00. The number of benzene rings is 1. The van der Waals surface area contributed by atoms with Crippen LogP contribution in [-0.4, -0.2) is 4.98 Å². The number of hydrogen-bond acceptors (Lipinski definition) is 2. The summed E-state index contributed by atoms with van der Waals surface area (Å²) in [5, 5.41) is 3.31. The molecular weight excluding hydrogens is 276 g/mol. The molecule has 17 heavy (non-hydrogen) atoms. The normalized spacial score (nSPS) is 10.3. The summed E-state index contributed by atoms with van der Waals surface area (Å²) in [7, 11) is 0. The summed E-state index contributed by atoms with van der Waals surface area (Å²) < 4.78 is 1.03. The number of rotatable bonds is 3. The number of hydrogen-bond donors (Lipinski definition) is 1. The monoisotopic (exact) mass is 290 g/mol. The maximum absolute atomic E-state index is 4.33. The Bertz CT molecular complexity index is 523. The third-order valence-electron chi connectivity index (χ3n) is 2.65. The van der Waals surface area contributed by atoms with Gasteiger partial charge in [-0.3, -0.25) is 0 Å². The number of nitrogens with one attached hydrogen (secondary N) is 1. The van der Waals surface area contributed by atoms with Gasteiger partial charge in [0.2, 0.25) is 0 Å². The summed E-state index contributed by atoms with van der Waals surface area (Å²) in [6.45, 7) is 4.21. The van der Waals surface area contributed by atoms with E-state index in [1.165, 1.54) is 11.1 Å². The van der Waals surface area contributed by atoms with E-state index in [9.17, 15) is 0 Å². The molecule has 1 aromatic heterocycles. The molecule has 0 bridgehead atoms. The van der Waals surface area contributed by atoms with Crippen LogP contribution in [-0.2, 0) is 6.42 Å². The van der Waals surface area contributed by atoms with Crippen LogP contribution in [0, 0.1) is 6.92 Å². The highest BCUT2D eigenvalue weighted by Crippen LogP contribution is 2.21.